The number of rotatable bonds is 5. The Bertz CT molecular complexity index is 905. The summed E-state index contributed by atoms with van der Waals surface area (Å²) in [5.41, 5.74) is 1.20. The number of nitrogens with zero attached hydrogens (tertiary/aromatic N) is 3. The van der Waals surface area contributed by atoms with Crippen molar-refractivity contribution >= 4 is 27.4 Å². The van der Waals surface area contributed by atoms with E-state index in [0.29, 0.717) is 18.9 Å². The maximum Gasteiger partial charge on any atom is 0.256 e. The van der Waals surface area contributed by atoms with Crippen LogP contribution in [0.25, 0.3) is 0 Å². The van der Waals surface area contributed by atoms with Gasteiger partial charge in [0.25, 0.3) is 5.91 Å². The number of aromatic nitrogens is 1. The van der Waals surface area contributed by atoms with Gasteiger partial charge in [-0.2, -0.15) is 4.31 Å². The molecule has 1 fully saturated rings. The van der Waals surface area contributed by atoms with Gasteiger partial charge in [0.05, 0.1) is 16.8 Å². The summed E-state index contributed by atoms with van der Waals surface area (Å²) in [6.45, 7) is 1.06. The van der Waals surface area contributed by atoms with Crippen molar-refractivity contribution in [1.29, 1.82) is 0 Å². The van der Waals surface area contributed by atoms with Gasteiger partial charge >= 0.3 is 0 Å². The van der Waals surface area contributed by atoms with Crippen molar-refractivity contribution < 1.29 is 13.2 Å². The Morgan fingerprint density at radius 2 is 1.85 bits per heavy atom. The average Bonchev–Trinajstić information content (AvgIpc) is 2.69. The van der Waals surface area contributed by atoms with Crippen LogP contribution in [0.2, 0.25) is 0 Å². The summed E-state index contributed by atoms with van der Waals surface area (Å²) in [5.74, 6) is 0.0192. The van der Waals surface area contributed by atoms with E-state index in [-0.39, 0.29) is 10.5 Å². The minimum absolute atomic E-state index is 0.146. The highest BCUT2D eigenvalue weighted by Crippen LogP contribution is 2.22. The molecule has 1 aromatic heterocycles. The van der Waals surface area contributed by atoms with E-state index in [0.717, 1.165) is 24.9 Å². The van der Waals surface area contributed by atoms with E-state index in [2.05, 4.69) is 10.3 Å². The van der Waals surface area contributed by atoms with Crippen molar-refractivity contribution in [3.63, 3.8) is 0 Å². The number of piperidine rings is 1. The van der Waals surface area contributed by atoms with Gasteiger partial charge in [-0.1, -0.05) is 12.5 Å². The lowest BCUT2D eigenvalue weighted by molar-refractivity contribution is 0.102. The van der Waals surface area contributed by atoms with Gasteiger partial charge in [-0.3, -0.25) is 4.79 Å². The number of pyridine rings is 1. The SMILES string of the molecule is CN(C)c1ccc(NC(=O)c2cccc(S(=O)(=O)N3CCCCC3)c2)nc1. The van der Waals surface area contributed by atoms with E-state index in [9.17, 15) is 13.2 Å². The van der Waals surface area contributed by atoms with Gasteiger partial charge < -0.3 is 10.2 Å². The molecule has 3 rings (SSSR count). The first-order valence-electron chi connectivity index (χ1n) is 8.93. The van der Waals surface area contributed by atoms with Crippen LogP contribution in [-0.2, 0) is 10.0 Å². The molecule has 2 aromatic rings. The number of amides is 1. The van der Waals surface area contributed by atoms with Crippen LogP contribution in [0, 0.1) is 0 Å². The molecule has 0 aliphatic carbocycles. The van der Waals surface area contributed by atoms with Crippen LogP contribution >= 0.6 is 0 Å². The summed E-state index contributed by atoms with van der Waals surface area (Å²) in [5, 5.41) is 2.71. The Labute approximate surface area is 160 Å². The number of hydrogen-bond acceptors (Lipinski definition) is 5. The standard InChI is InChI=1S/C19H24N4O3S/c1-22(2)16-9-10-18(20-14-16)21-19(24)15-7-6-8-17(13-15)27(25,26)23-11-4-3-5-12-23/h6-10,13-14H,3-5,11-12H2,1-2H3,(H,20,21,24). The fourth-order valence-electron chi connectivity index (χ4n) is 2.97. The van der Waals surface area contributed by atoms with Crippen LogP contribution in [0.5, 0.6) is 0 Å². The molecule has 0 atom stereocenters. The summed E-state index contributed by atoms with van der Waals surface area (Å²) < 4.78 is 27.1. The number of carbonyl (C=O) groups excluding carboxylic acids is 1. The number of sulfonamides is 1. The molecule has 1 aliphatic rings. The third-order valence-electron chi connectivity index (χ3n) is 4.55. The summed E-state index contributed by atoms with van der Waals surface area (Å²) in [6, 6.07) is 9.70. The lowest BCUT2D eigenvalue weighted by Gasteiger charge is -2.26. The molecule has 144 valence electrons. The topological polar surface area (TPSA) is 82.6 Å². The minimum atomic E-state index is -3.57. The number of nitrogens with one attached hydrogen (secondary N) is 1. The van der Waals surface area contributed by atoms with E-state index >= 15 is 0 Å². The first-order chi connectivity index (χ1) is 12.9. The summed E-state index contributed by atoms with van der Waals surface area (Å²) >= 11 is 0. The van der Waals surface area contributed by atoms with Gasteiger partial charge in [0, 0.05) is 32.7 Å². The van der Waals surface area contributed by atoms with Crippen molar-refractivity contribution in [2.24, 2.45) is 0 Å². The van der Waals surface area contributed by atoms with Gasteiger partial charge in [0.15, 0.2) is 0 Å². The second-order valence-corrected chi connectivity index (χ2v) is 8.68. The molecular weight excluding hydrogens is 364 g/mol. The summed E-state index contributed by atoms with van der Waals surface area (Å²) in [7, 11) is 0.239. The Hall–Kier alpha value is -2.45. The average molecular weight is 388 g/mol. The third-order valence-corrected chi connectivity index (χ3v) is 6.45. The lowest BCUT2D eigenvalue weighted by Crippen LogP contribution is -2.35. The molecule has 7 nitrogen and oxygen atoms in total. The maximum atomic E-state index is 12.8. The molecule has 1 N–H and O–H groups in total. The van der Waals surface area contributed by atoms with E-state index in [4.69, 9.17) is 0 Å². The molecule has 0 spiro atoms. The molecule has 2 heterocycles. The molecule has 1 amide bonds. The fraction of sp³-hybridized carbons (Fsp3) is 0.368. The predicted molar refractivity (Wildman–Crippen MR) is 106 cm³/mol. The molecule has 0 unspecified atom stereocenters. The van der Waals surface area contributed by atoms with Crippen LogP contribution in [-0.4, -0.2) is 50.8 Å². The molecular formula is C19H24N4O3S. The molecule has 1 aliphatic heterocycles. The first kappa shape index (κ1) is 19.3. The van der Waals surface area contributed by atoms with Crippen LogP contribution < -0.4 is 10.2 Å². The van der Waals surface area contributed by atoms with Crippen molar-refractivity contribution in [2.45, 2.75) is 24.2 Å². The lowest BCUT2D eigenvalue weighted by atomic mass is 10.2. The highest BCUT2D eigenvalue weighted by Gasteiger charge is 2.26. The number of carbonyl (C=O) groups is 1. The normalized spacial score (nSPS) is 15.3. The molecule has 0 radical (unpaired) electrons. The zero-order valence-corrected chi connectivity index (χ0v) is 16.4. The molecule has 27 heavy (non-hydrogen) atoms. The van der Waals surface area contributed by atoms with Crippen molar-refractivity contribution in [2.75, 3.05) is 37.4 Å². The van der Waals surface area contributed by atoms with Crippen LogP contribution in [0.15, 0.2) is 47.5 Å². The number of hydrogen-bond donors (Lipinski definition) is 1. The van der Waals surface area contributed by atoms with E-state index in [1.807, 2.05) is 25.1 Å². The minimum Gasteiger partial charge on any atom is -0.376 e. The molecule has 0 saturated carbocycles. The van der Waals surface area contributed by atoms with Crippen LogP contribution in [0.3, 0.4) is 0 Å². The fourth-order valence-corrected chi connectivity index (χ4v) is 4.53. The van der Waals surface area contributed by atoms with Gasteiger partial charge in [-0.25, -0.2) is 13.4 Å². The molecule has 1 saturated heterocycles. The van der Waals surface area contributed by atoms with Crippen molar-refractivity contribution in [3.8, 4) is 0 Å². The second kappa shape index (κ2) is 8.06. The Balaban J connectivity index is 1.77. The van der Waals surface area contributed by atoms with Gasteiger partial charge in [-0.15, -0.1) is 0 Å². The molecule has 0 bridgehead atoms. The molecule has 8 heteroatoms. The highest BCUT2D eigenvalue weighted by molar-refractivity contribution is 7.89. The first-order valence-corrected chi connectivity index (χ1v) is 10.4. The Kier molecular flexibility index (Phi) is 5.76. The predicted octanol–water partition coefficient (Wildman–Crippen LogP) is 2.57. The van der Waals surface area contributed by atoms with Crippen LogP contribution in [0.1, 0.15) is 29.6 Å². The quantitative estimate of drug-likeness (QED) is 0.851. The largest absolute Gasteiger partial charge is 0.376 e. The maximum absolute atomic E-state index is 12.8. The zero-order valence-electron chi connectivity index (χ0n) is 15.6. The van der Waals surface area contributed by atoms with E-state index in [1.54, 1.807) is 24.4 Å². The van der Waals surface area contributed by atoms with E-state index in [1.165, 1.54) is 16.4 Å². The smallest absolute Gasteiger partial charge is 0.256 e. The Morgan fingerprint density at radius 3 is 2.48 bits per heavy atom. The van der Waals surface area contributed by atoms with Crippen molar-refractivity contribution in [1.82, 2.24) is 9.29 Å². The summed E-state index contributed by atoms with van der Waals surface area (Å²) in [6.07, 6.45) is 4.45. The third kappa shape index (κ3) is 4.45. The number of benzene rings is 1. The Morgan fingerprint density at radius 1 is 1.11 bits per heavy atom. The van der Waals surface area contributed by atoms with Crippen LogP contribution in [0.4, 0.5) is 11.5 Å². The van der Waals surface area contributed by atoms with Gasteiger partial charge in [-0.05, 0) is 43.2 Å². The monoisotopic (exact) mass is 388 g/mol. The summed E-state index contributed by atoms with van der Waals surface area (Å²) in [4.78, 5) is 18.8. The van der Waals surface area contributed by atoms with E-state index < -0.39 is 15.9 Å². The van der Waals surface area contributed by atoms with Gasteiger partial charge in [0.1, 0.15) is 5.82 Å². The second-order valence-electron chi connectivity index (χ2n) is 6.74. The molecule has 1 aromatic carbocycles. The number of anilines is 2. The highest BCUT2D eigenvalue weighted by atomic mass is 32.2. The zero-order chi connectivity index (χ0) is 19.4. The van der Waals surface area contributed by atoms with Gasteiger partial charge in [0.2, 0.25) is 10.0 Å². The van der Waals surface area contributed by atoms with Crippen molar-refractivity contribution in [3.05, 3.63) is 48.2 Å².